The van der Waals surface area contributed by atoms with Crippen LogP contribution in [0.5, 0.6) is 11.5 Å². The maximum atomic E-state index is 15.4. The van der Waals surface area contributed by atoms with Gasteiger partial charge >= 0.3 is 0 Å². The molecule has 214 valence electrons. The number of hydrogen-bond donors (Lipinski definition) is 3. The number of benzene rings is 1. The second kappa shape index (κ2) is 13.0. The zero-order valence-corrected chi connectivity index (χ0v) is 22.7. The number of nitrogens with zero attached hydrogens (tertiary/aromatic N) is 6. The van der Waals surface area contributed by atoms with Gasteiger partial charge in [0.1, 0.15) is 17.1 Å². The first kappa shape index (κ1) is 29.1. The third-order valence-electron chi connectivity index (χ3n) is 5.96. The molecule has 0 amide bonds. The van der Waals surface area contributed by atoms with Gasteiger partial charge in [-0.2, -0.15) is 5.10 Å². The van der Waals surface area contributed by atoms with Crippen LogP contribution in [0.3, 0.4) is 0 Å². The van der Waals surface area contributed by atoms with Gasteiger partial charge in [0.2, 0.25) is 0 Å². The highest BCUT2D eigenvalue weighted by Crippen LogP contribution is 2.36. The van der Waals surface area contributed by atoms with Crippen LogP contribution in [-0.2, 0) is 11.3 Å². The lowest BCUT2D eigenvalue weighted by molar-refractivity contribution is -0.00201. The van der Waals surface area contributed by atoms with E-state index >= 15 is 4.39 Å². The molecule has 13 heteroatoms. The summed E-state index contributed by atoms with van der Waals surface area (Å²) >= 11 is 0. The predicted molar refractivity (Wildman–Crippen MR) is 145 cm³/mol. The monoisotopic (exact) mass is 556 g/mol. The lowest BCUT2D eigenvalue weighted by atomic mass is 10.2. The van der Waals surface area contributed by atoms with Crippen LogP contribution in [0.4, 0.5) is 15.9 Å². The number of hydrogen-bond acceptors (Lipinski definition) is 11. The van der Waals surface area contributed by atoms with Crippen molar-refractivity contribution in [3.05, 3.63) is 48.7 Å². The van der Waals surface area contributed by atoms with Gasteiger partial charge in [0, 0.05) is 23.9 Å². The third-order valence-corrected chi connectivity index (χ3v) is 5.96. The van der Waals surface area contributed by atoms with Crippen molar-refractivity contribution in [2.45, 2.75) is 38.7 Å². The van der Waals surface area contributed by atoms with Gasteiger partial charge < -0.3 is 34.4 Å². The van der Waals surface area contributed by atoms with Gasteiger partial charge in [0.15, 0.2) is 17.2 Å². The molecule has 0 aliphatic carbocycles. The average molecular weight is 557 g/mol. The van der Waals surface area contributed by atoms with Crippen molar-refractivity contribution in [3.8, 4) is 22.8 Å². The van der Waals surface area contributed by atoms with Gasteiger partial charge in [-0.05, 0) is 26.0 Å². The predicted octanol–water partition coefficient (Wildman–Crippen LogP) is 2.32. The molecular weight excluding hydrogens is 523 g/mol. The minimum atomic E-state index is -1.20. The molecule has 0 fully saturated rings. The summed E-state index contributed by atoms with van der Waals surface area (Å²) in [5.41, 5.74) is 1.95. The molecule has 0 saturated carbocycles. The molecule has 40 heavy (non-hydrogen) atoms. The van der Waals surface area contributed by atoms with Crippen LogP contribution in [0, 0.1) is 5.82 Å². The SMILES string of the molecule is COc1cc(OC)c(F)c(N(CC(O)CO)c2ccc3ncc(-c4cnn(CC(O)COC(C)C)c4)nc3n2)c1. The second-order valence-electron chi connectivity index (χ2n) is 9.36. The Bertz CT molecular complexity index is 1430. The summed E-state index contributed by atoms with van der Waals surface area (Å²) in [6, 6.07) is 6.15. The Balaban J connectivity index is 1.68. The molecule has 4 aromatic rings. The van der Waals surface area contributed by atoms with Gasteiger partial charge in [-0.3, -0.25) is 9.67 Å². The molecule has 3 heterocycles. The first-order chi connectivity index (χ1) is 19.2. The smallest absolute Gasteiger partial charge is 0.188 e. The molecule has 0 bridgehead atoms. The molecule has 0 saturated heterocycles. The van der Waals surface area contributed by atoms with E-state index in [0.29, 0.717) is 22.5 Å². The molecule has 0 radical (unpaired) electrons. The Kier molecular flexibility index (Phi) is 9.42. The van der Waals surface area contributed by atoms with E-state index in [1.54, 1.807) is 35.4 Å². The summed E-state index contributed by atoms with van der Waals surface area (Å²) in [5.74, 6) is -0.163. The molecule has 0 spiro atoms. The van der Waals surface area contributed by atoms with Crippen molar-refractivity contribution in [2.24, 2.45) is 0 Å². The largest absolute Gasteiger partial charge is 0.497 e. The molecule has 1 aromatic carbocycles. The number of rotatable bonds is 13. The fourth-order valence-corrected chi connectivity index (χ4v) is 3.95. The standard InChI is InChI=1S/C27H33FN6O6/c1-16(2)40-15-19(37)12-33-11-17(9-30-33)22-10-29-21-5-6-25(32-27(21)31-22)34(13-18(36)14-35)23-7-20(38-3)8-24(39-4)26(23)28/h5-11,16,18-19,35-37H,12-15H2,1-4H3. The fraction of sp³-hybridized carbons (Fsp3) is 0.407. The van der Waals surface area contributed by atoms with E-state index in [1.165, 1.54) is 31.3 Å². The highest BCUT2D eigenvalue weighted by molar-refractivity contribution is 5.77. The fourth-order valence-electron chi connectivity index (χ4n) is 3.95. The van der Waals surface area contributed by atoms with Crippen LogP contribution in [0.25, 0.3) is 22.4 Å². The zero-order chi connectivity index (χ0) is 28.8. The van der Waals surface area contributed by atoms with Crippen LogP contribution in [0.15, 0.2) is 42.9 Å². The van der Waals surface area contributed by atoms with Gasteiger partial charge in [0.25, 0.3) is 0 Å². The molecule has 3 N–H and O–H groups in total. The van der Waals surface area contributed by atoms with Crippen molar-refractivity contribution in [2.75, 3.05) is 38.9 Å². The number of anilines is 2. The van der Waals surface area contributed by atoms with Crippen molar-refractivity contribution in [1.29, 1.82) is 0 Å². The lowest BCUT2D eigenvalue weighted by Crippen LogP contribution is -2.32. The summed E-state index contributed by atoms with van der Waals surface area (Å²) in [4.78, 5) is 15.1. The van der Waals surface area contributed by atoms with Crippen molar-refractivity contribution < 1.29 is 33.9 Å². The highest BCUT2D eigenvalue weighted by atomic mass is 19.1. The first-order valence-corrected chi connectivity index (χ1v) is 12.7. The van der Waals surface area contributed by atoms with E-state index in [4.69, 9.17) is 14.2 Å². The number of methoxy groups -OCH3 is 2. The van der Waals surface area contributed by atoms with Crippen LogP contribution in [-0.4, -0.2) is 92.3 Å². The van der Waals surface area contributed by atoms with Crippen LogP contribution >= 0.6 is 0 Å². The third kappa shape index (κ3) is 6.80. The zero-order valence-electron chi connectivity index (χ0n) is 22.7. The molecule has 0 aliphatic heterocycles. The summed E-state index contributed by atoms with van der Waals surface area (Å²) in [5, 5.41) is 34.3. The molecule has 0 aliphatic rings. The van der Waals surface area contributed by atoms with Crippen molar-refractivity contribution in [1.82, 2.24) is 24.7 Å². The van der Waals surface area contributed by atoms with E-state index in [2.05, 4.69) is 20.1 Å². The summed E-state index contributed by atoms with van der Waals surface area (Å²) < 4.78 is 32.9. The normalized spacial score (nSPS) is 13.0. The molecule has 2 unspecified atom stereocenters. The minimum Gasteiger partial charge on any atom is -0.497 e. The molecule has 2 atom stereocenters. The minimum absolute atomic E-state index is 0.0124. The lowest BCUT2D eigenvalue weighted by Gasteiger charge is -2.27. The van der Waals surface area contributed by atoms with E-state index < -0.39 is 24.6 Å². The van der Waals surface area contributed by atoms with E-state index in [0.717, 1.165) is 0 Å². The summed E-state index contributed by atoms with van der Waals surface area (Å²) in [7, 11) is 2.78. The number of halogens is 1. The van der Waals surface area contributed by atoms with Crippen LogP contribution in [0.1, 0.15) is 13.8 Å². The summed E-state index contributed by atoms with van der Waals surface area (Å²) in [6.45, 7) is 3.51. The summed E-state index contributed by atoms with van der Waals surface area (Å²) in [6.07, 6.45) is 3.02. The average Bonchev–Trinajstić information content (AvgIpc) is 3.42. The number of aromatic nitrogens is 5. The molecule has 12 nitrogen and oxygen atoms in total. The van der Waals surface area contributed by atoms with Crippen molar-refractivity contribution in [3.63, 3.8) is 0 Å². The van der Waals surface area contributed by atoms with Gasteiger partial charge in [0.05, 0.1) is 82.6 Å². The Morgan fingerprint density at radius 2 is 1.85 bits per heavy atom. The van der Waals surface area contributed by atoms with Gasteiger partial charge in [-0.15, -0.1) is 0 Å². The quantitative estimate of drug-likeness (QED) is 0.223. The molecule has 4 rings (SSSR count). The highest BCUT2D eigenvalue weighted by Gasteiger charge is 2.23. The Labute approximate surface area is 230 Å². The Hall–Kier alpha value is -3.91. The maximum absolute atomic E-state index is 15.4. The van der Waals surface area contributed by atoms with Gasteiger partial charge in [-0.1, -0.05) is 0 Å². The van der Waals surface area contributed by atoms with Crippen molar-refractivity contribution >= 4 is 22.7 Å². The number of pyridine rings is 1. The van der Waals surface area contributed by atoms with E-state index in [-0.39, 0.29) is 48.7 Å². The topological polar surface area (TPSA) is 148 Å². The maximum Gasteiger partial charge on any atom is 0.188 e. The number of fused-ring (bicyclic) bond motifs is 1. The number of aliphatic hydroxyl groups excluding tert-OH is 3. The number of aliphatic hydroxyl groups is 3. The molecular formula is C27H33FN6O6. The van der Waals surface area contributed by atoms with Crippen LogP contribution < -0.4 is 14.4 Å². The first-order valence-electron chi connectivity index (χ1n) is 12.7. The number of ether oxygens (including phenoxy) is 3. The Morgan fingerprint density at radius 3 is 2.55 bits per heavy atom. The molecule has 3 aromatic heterocycles. The Morgan fingerprint density at radius 1 is 1.05 bits per heavy atom. The van der Waals surface area contributed by atoms with E-state index in [1.807, 2.05) is 13.8 Å². The second-order valence-corrected chi connectivity index (χ2v) is 9.36. The van der Waals surface area contributed by atoms with E-state index in [9.17, 15) is 15.3 Å². The van der Waals surface area contributed by atoms with Crippen LogP contribution in [0.2, 0.25) is 0 Å². The van der Waals surface area contributed by atoms with Gasteiger partial charge in [-0.25, -0.2) is 14.4 Å².